The first kappa shape index (κ1) is 10.1. The lowest BCUT2D eigenvalue weighted by atomic mass is 10.1. The summed E-state index contributed by atoms with van der Waals surface area (Å²) < 4.78 is 0.913. The molecule has 0 amide bonds. The summed E-state index contributed by atoms with van der Waals surface area (Å²) in [6.45, 7) is 1.78. The summed E-state index contributed by atoms with van der Waals surface area (Å²) in [5, 5.41) is 18.8. The molecule has 3 nitrogen and oxygen atoms in total. The molecule has 0 aliphatic rings. The van der Waals surface area contributed by atoms with E-state index in [9.17, 15) is 4.79 Å². The van der Waals surface area contributed by atoms with Crippen molar-refractivity contribution in [2.75, 3.05) is 0 Å². The number of carboxylic acids is 1. The highest BCUT2D eigenvalue weighted by Crippen LogP contribution is 2.31. The number of aliphatic hydroxyl groups excluding tert-OH is 1. The molecule has 78 valence electrons. The smallest absolute Gasteiger partial charge is 0.337 e. The molecule has 0 bridgehead atoms. The molecule has 0 aliphatic carbocycles. The van der Waals surface area contributed by atoms with Crippen LogP contribution >= 0.6 is 11.3 Å². The lowest BCUT2D eigenvalue weighted by Crippen LogP contribution is -1.96. The van der Waals surface area contributed by atoms with E-state index < -0.39 is 5.97 Å². The van der Waals surface area contributed by atoms with Gasteiger partial charge in [0.25, 0.3) is 0 Å². The summed E-state index contributed by atoms with van der Waals surface area (Å²) in [5.74, 6) is -0.893. The fourth-order valence-corrected chi connectivity index (χ4v) is 2.75. The maximum Gasteiger partial charge on any atom is 0.337 e. The van der Waals surface area contributed by atoms with Crippen LogP contribution in [0.5, 0.6) is 0 Å². The zero-order valence-corrected chi connectivity index (χ0v) is 8.97. The second kappa shape index (κ2) is 3.64. The molecule has 2 rings (SSSR count). The highest BCUT2D eigenvalue weighted by Gasteiger charge is 2.15. The number of thiophene rings is 1. The molecule has 4 heteroatoms. The van der Waals surface area contributed by atoms with Crippen LogP contribution in [0.15, 0.2) is 18.2 Å². The van der Waals surface area contributed by atoms with Crippen molar-refractivity contribution >= 4 is 27.4 Å². The average molecular weight is 222 g/mol. The van der Waals surface area contributed by atoms with Gasteiger partial charge in [-0.2, -0.15) is 0 Å². The minimum Gasteiger partial charge on any atom is -0.478 e. The predicted octanol–water partition coefficient (Wildman–Crippen LogP) is 2.40. The number of carbonyl (C=O) groups is 1. The van der Waals surface area contributed by atoms with E-state index in [4.69, 9.17) is 10.2 Å². The van der Waals surface area contributed by atoms with Crippen LogP contribution in [-0.2, 0) is 6.61 Å². The summed E-state index contributed by atoms with van der Waals surface area (Å²) in [6.07, 6.45) is 0. The van der Waals surface area contributed by atoms with Gasteiger partial charge in [-0.15, -0.1) is 11.3 Å². The zero-order chi connectivity index (χ0) is 11.0. The van der Waals surface area contributed by atoms with Crippen LogP contribution in [0.25, 0.3) is 10.1 Å². The largest absolute Gasteiger partial charge is 0.478 e. The van der Waals surface area contributed by atoms with Crippen molar-refractivity contribution in [2.45, 2.75) is 13.5 Å². The van der Waals surface area contributed by atoms with Crippen LogP contribution in [0.2, 0.25) is 0 Å². The van der Waals surface area contributed by atoms with Gasteiger partial charge in [0.15, 0.2) is 0 Å². The molecule has 2 aromatic rings. The SMILES string of the molecule is Cc1sc2cc(CO)ccc2c1C(=O)O. The molecule has 0 saturated carbocycles. The summed E-state index contributed by atoms with van der Waals surface area (Å²) in [7, 11) is 0. The number of aryl methyl sites for hydroxylation is 1. The van der Waals surface area contributed by atoms with Crippen molar-refractivity contribution in [3.8, 4) is 0 Å². The van der Waals surface area contributed by atoms with Crippen LogP contribution < -0.4 is 0 Å². The summed E-state index contributed by atoms with van der Waals surface area (Å²) in [4.78, 5) is 11.8. The van der Waals surface area contributed by atoms with Gasteiger partial charge >= 0.3 is 5.97 Å². The van der Waals surface area contributed by atoms with Crippen molar-refractivity contribution in [2.24, 2.45) is 0 Å². The first-order valence-electron chi connectivity index (χ1n) is 4.49. The highest BCUT2D eigenvalue weighted by molar-refractivity contribution is 7.19. The Kier molecular flexibility index (Phi) is 2.46. The van der Waals surface area contributed by atoms with Crippen LogP contribution in [0.4, 0.5) is 0 Å². The van der Waals surface area contributed by atoms with Crippen molar-refractivity contribution in [3.63, 3.8) is 0 Å². The Labute approximate surface area is 90.6 Å². The molecule has 1 aromatic carbocycles. The molecule has 2 N–H and O–H groups in total. The molecule has 0 radical (unpaired) electrons. The number of hydrogen-bond acceptors (Lipinski definition) is 3. The second-order valence-electron chi connectivity index (χ2n) is 3.33. The minimum atomic E-state index is -0.893. The van der Waals surface area contributed by atoms with Gasteiger partial charge in [-0.05, 0) is 18.6 Å². The second-order valence-corrected chi connectivity index (χ2v) is 4.58. The summed E-state index contributed by atoms with van der Waals surface area (Å²) in [6, 6.07) is 5.34. The van der Waals surface area contributed by atoms with Gasteiger partial charge in [0, 0.05) is 15.0 Å². The minimum absolute atomic E-state index is 0.0186. The molecular weight excluding hydrogens is 212 g/mol. The third-order valence-electron chi connectivity index (χ3n) is 2.33. The van der Waals surface area contributed by atoms with Crippen molar-refractivity contribution in [3.05, 3.63) is 34.2 Å². The Hall–Kier alpha value is -1.39. The number of carboxylic acid groups (broad SMARTS) is 1. The molecule has 0 unspecified atom stereocenters. The lowest BCUT2D eigenvalue weighted by Gasteiger charge is -1.96. The van der Waals surface area contributed by atoms with E-state index in [-0.39, 0.29) is 6.61 Å². The Morgan fingerprint density at radius 2 is 2.20 bits per heavy atom. The molecule has 0 atom stereocenters. The number of aliphatic hydroxyl groups is 1. The number of fused-ring (bicyclic) bond motifs is 1. The number of benzene rings is 1. The standard InChI is InChI=1S/C11H10O3S/c1-6-10(11(13)14)8-3-2-7(5-12)4-9(8)15-6/h2-4,12H,5H2,1H3,(H,13,14). The Morgan fingerprint density at radius 1 is 1.47 bits per heavy atom. The van der Waals surface area contributed by atoms with E-state index in [1.807, 2.05) is 6.07 Å². The Morgan fingerprint density at radius 3 is 2.80 bits per heavy atom. The number of hydrogen-bond donors (Lipinski definition) is 2. The molecule has 0 fully saturated rings. The molecule has 15 heavy (non-hydrogen) atoms. The van der Waals surface area contributed by atoms with Crippen LogP contribution in [0.1, 0.15) is 20.8 Å². The first-order valence-corrected chi connectivity index (χ1v) is 5.31. The zero-order valence-electron chi connectivity index (χ0n) is 8.15. The Balaban J connectivity index is 2.74. The van der Waals surface area contributed by atoms with Gasteiger partial charge in [-0.1, -0.05) is 12.1 Å². The van der Waals surface area contributed by atoms with Gasteiger partial charge < -0.3 is 10.2 Å². The van der Waals surface area contributed by atoms with Gasteiger partial charge in [0.05, 0.1) is 12.2 Å². The molecule has 1 aromatic heterocycles. The third kappa shape index (κ3) is 1.62. The molecule has 0 saturated heterocycles. The van der Waals surface area contributed by atoms with E-state index in [1.54, 1.807) is 19.1 Å². The van der Waals surface area contributed by atoms with E-state index in [2.05, 4.69) is 0 Å². The highest BCUT2D eigenvalue weighted by atomic mass is 32.1. The maximum absolute atomic E-state index is 11.0. The predicted molar refractivity (Wildman–Crippen MR) is 59.4 cm³/mol. The quantitative estimate of drug-likeness (QED) is 0.820. The monoisotopic (exact) mass is 222 g/mol. The van der Waals surface area contributed by atoms with E-state index in [0.717, 1.165) is 20.5 Å². The van der Waals surface area contributed by atoms with Gasteiger partial charge in [0.1, 0.15) is 0 Å². The van der Waals surface area contributed by atoms with E-state index >= 15 is 0 Å². The van der Waals surface area contributed by atoms with Crippen LogP contribution in [0.3, 0.4) is 0 Å². The maximum atomic E-state index is 11.0. The van der Waals surface area contributed by atoms with E-state index in [0.29, 0.717) is 5.56 Å². The van der Waals surface area contributed by atoms with Crippen LogP contribution in [-0.4, -0.2) is 16.2 Å². The normalized spacial score (nSPS) is 10.8. The molecule has 0 spiro atoms. The summed E-state index contributed by atoms with van der Waals surface area (Å²) >= 11 is 1.44. The number of rotatable bonds is 2. The topological polar surface area (TPSA) is 57.5 Å². The first-order chi connectivity index (χ1) is 7.13. The van der Waals surface area contributed by atoms with Crippen molar-refractivity contribution < 1.29 is 15.0 Å². The van der Waals surface area contributed by atoms with E-state index in [1.165, 1.54) is 11.3 Å². The van der Waals surface area contributed by atoms with Crippen molar-refractivity contribution in [1.82, 2.24) is 0 Å². The van der Waals surface area contributed by atoms with Gasteiger partial charge in [-0.3, -0.25) is 0 Å². The summed E-state index contributed by atoms with van der Waals surface area (Å²) in [5.41, 5.74) is 1.18. The van der Waals surface area contributed by atoms with Gasteiger partial charge in [0.2, 0.25) is 0 Å². The third-order valence-corrected chi connectivity index (χ3v) is 3.39. The number of aromatic carboxylic acids is 1. The fraction of sp³-hybridized carbons (Fsp3) is 0.182. The molecule has 1 heterocycles. The average Bonchev–Trinajstić information content (AvgIpc) is 2.52. The lowest BCUT2D eigenvalue weighted by molar-refractivity contribution is 0.0699. The molecule has 0 aliphatic heterocycles. The Bertz CT molecular complexity index is 528. The molecular formula is C11H10O3S. The fourth-order valence-electron chi connectivity index (χ4n) is 1.63. The van der Waals surface area contributed by atoms with Gasteiger partial charge in [-0.25, -0.2) is 4.79 Å². The van der Waals surface area contributed by atoms with Crippen LogP contribution in [0, 0.1) is 6.92 Å². The van der Waals surface area contributed by atoms with Crippen molar-refractivity contribution in [1.29, 1.82) is 0 Å².